The lowest BCUT2D eigenvalue weighted by atomic mass is 10.3. The van der Waals surface area contributed by atoms with Crippen molar-refractivity contribution in [2.75, 3.05) is 7.11 Å². The van der Waals surface area contributed by atoms with Crippen LogP contribution in [0.15, 0.2) is 13.2 Å². The third-order valence-electron chi connectivity index (χ3n) is 1.26. The van der Waals surface area contributed by atoms with E-state index in [0.29, 0.717) is 11.4 Å². The number of rotatable bonds is 3. The molecule has 0 aliphatic carbocycles. The Bertz CT molecular complexity index is 278. The zero-order valence-electron chi connectivity index (χ0n) is 8.32. The van der Waals surface area contributed by atoms with Crippen molar-refractivity contribution >= 4 is 12.2 Å². The predicted molar refractivity (Wildman–Crippen MR) is 54.1 cm³/mol. The standard InChI is InChI=1S/C7H9N3O.C2H6/c1-4-6-7(5-2)10(11-3)9-8-6;1-2/h4-5H,1-2H2,3H3;1-2H3. The number of aromatic nitrogens is 3. The largest absolute Gasteiger partial charge is 0.398 e. The molecule has 0 fully saturated rings. The summed E-state index contributed by atoms with van der Waals surface area (Å²) >= 11 is 0. The lowest BCUT2D eigenvalue weighted by Gasteiger charge is -1.97. The average molecular weight is 181 g/mol. The van der Waals surface area contributed by atoms with Crippen molar-refractivity contribution in [2.45, 2.75) is 13.8 Å². The summed E-state index contributed by atoms with van der Waals surface area (Å²) in [4.78, 5) is 6.12. The molecule has 1 heterocycles. The Labute approximate surface area is 78.5 Å². The van der Waals surface area contributed by atoms with E-state index in [0.717, 1.165) is 0 Å². The topological polar surface area (TPSA) is 39.9 Å². The van der Waals surface area contributed by atoms with Crippen LogP contribution in [0.4, 0.5) is 0 Å². The zero-order valence-corrected chi connectivity index (χ0v) is 8.32. The molecule has 0 amide bonds. The van der Waals surface area contributed by atoms with Gasteiger partial charge in [0.2, 0.25) is 0 Å². The van der Waals surface area contributed by atoms with Crippen LogP contribution in [0.25, 0.3) is 12.2 Å². The van der Waals surface area contributed by atoms with Gasteiger partial charge in [-0.25, -0.2) is 0 Å². The summed E-state index contributed by atoms with van der Waals surface area (Å²) in [5, 5.41) is 7.45. The highest BCUT2D eigenvalue weighted by atomic mass is 16.7. The first-order chi connectivity index (χ1) is 6.33. The van der Waals surface area contributed by atoms with Crippen LogP contribution in [-0.2, 0) is 0 Å². The highest BCUT2D eigenvalue weighted by Crippen LogP contribution is 2.05. The van der Waals surface area contributed by atoms with E-state index in [4.69, 9.17) is 4.84 Å². The maximum absolute atomic E-state index is 4.84. The summed E-state index contributed by atoms with van der Waals surface area (Å²) in [6.45, 7) is 11.2. The first-order valence-corrected chi connectivity index (χ1v) is 4.08. The molecule has 0 atom stereocenters. The van der Waals surface area contributed by atoms with Crippen LogP contribution in [0.5, 0.6) is 0 Å². The summed E-state index contributed by atoms with van der Waals surface area (Å²) < 4.78 is 0. The Kier molecular flexibility index (Phi) is 5.27. The second kappa shape index (κ2) is 5.99. The lowest BCUT2D eigenvalue weighted by Crippen LogP contribution is -2.09. The van der Waals surface area contributed by atoms with E-state index in [1.807, 2.05) is 13.8 Å². The number of hydrogen-bond donors (Lipinski definition) is 0. The van der Waals surface area contributed by atoms with Crippen molar-refractivity contribution in [1.29, 1.82) is 0 Å². The Balaban J connectivity index is 0.000000671. The highest BCUT2D eigenvalue weighted by molar-refractivity contribution is 5.56. The Morgan fingerprint density at radius 2 is 1.92 bits per heavy atom. The predicted octanol–water partition coefficient (Wildman–Crippen LogP) is 1.65. The second-order valence-electron chi connectivity index (χ2n) is 1.82. The van der Waals surface area contributed by atoms with Crippen LogP contribution in [0.2, 0.25) is 0 Å². The summed E-state index contributed by atoms with van der Waals surface area (Å²) in [6, 6.07) is 0. The molecule has 0 saturated heterocycles. The van der Waals surface area contributed by atoms with Gasteiger partial charge in [-0.1, -0.05) is 31.9 Å². The van der Waals surface area contributed by atoms with Crippen molar-refractivity contribution in [3.05, 3.63) is 24.5 Å². The fourth-order valence-corrected chi connectivity index (χ4v) is 0.749. The third kappa shape index (κ3) is 2.43. The van der Waals surface area contributed by atoms with Gasteiger partial charge in [0.05, 0.1) is 0 Å². The van der Waals surface area contributed by atoms with Crippen molar-refractivity contribution in [1.82, 2.24) is 15.2 Å². The van der Waals surface area contributed by atoms with Gasteiger partial charge in [0.25, 0.3) is 0 Å². The summed E-state index contributed by atoms with van der Waals surface area (Å²) in [7, 11) is 1.51. The maximum atomic E-state index is 4.84. The Hall–Kier alpha value is -1.58. The molecule has 4 nitrogen and oxygen atoms in total. The minimum Gasteiger partial charge on any atom is -0.398 e. The molecule has 1 aromatic rings. The van der Waals surface area contributed by atoms with Crippen molar-refractivity contribution in [3.8, 4) is 0 Å². The molecule has 0 radical (unpaired) electrons. The normalized spacial score (nSPS) is 8.23. The van der Waals surface area contributed by atoms with Crippen molar-refractivity contribution in [2.24, 2.45) is 0 Å². The molecule has 0 N–H and O–H groups in total. The molecule has 0 bridgehead atoms. The van der Waals surface area contributed by atoms with Gasteiger partial charge in [-0.15, -0.1) is 5.10 Å². The van der Waals surface area contributed by atoms with Crippen LogP contribution >= 0.6 is 0 Å². The molecule has 72 valence electrons. The van der Waals surface area contributed by atoms with Gasteiger partial charge in [-0.2, -0.15) is 0 Å². The van der Waals surface area contributed by atoms with E-state index in [2.05, 4.69) is 23.5 Å². The molecule has 0 spiro atoms. The minimum atomic E-state index is 0.668. The zero-order chi connectivity index (χ0) is 10.3. The van der Waals surface area contributed by atoms with E-state index in [9.17, 15) is 0 Å². The smallest absolute Gasteiger partial charge is 0.130 e. The quantitative estimate of drug-likeness (QED) is 0.711. The molecule has 13 heavy (non-hydrogen) atoms. The maximum Gasteiger partial charge on any atom is 0.130 e. The molecule has 1 rings (SSSR count). The average Bonchev–Trinajstić information content (AvgIpc) is 2.62. The van der Waals surface area contributed by atoms with E-state index >= 15 is 0 Å². The molecular formula is C9H15N3O. The molecule has 0 saturated carbocycles. The van der Waals surface area contributed by atoms with Gasteiger partial charge in [0.15, 0.2) is 0 Å². The van der Waals surface area contributed by atoms with E-state index in [-0.39, 0.29) is 0 Å². The lowest BCUT2D eigenvalue weighted by molar-refractivity contribution is 0.127. The molecule has 0 unspecified atom stereocenters. The Morgan fingerprint density at radius 1 is 1.31 bits per heavy atom. The van der Waals surface area contributed by atoms with E-state index < -0.39 is 0 Å². The summed E-state index contributed by atoms with van der Waals surface area (Å²) in [6.07, 6.45) is 3.21. The third-order valence-corrected chi connectivity index (χ3v) is 1.26. The van der Waals surface area contributed by atoms with Crippen molar-refractivity contribution in [3.63, 3.8) is 0 Å². The van der Waals surface area contributed by atoms with Crippen LogP contribution in [0.3, 0.4) is 0 Å². The van der Waals surface area contributed by atoms with Crippen LogP contribution in [0, 0.1) is 0 Å². The van der Waals surface area contributed by atoms with Gasteiger partial charge in [0.1, 0.15) is 18.5 Å². The second-order valence-corrected chi connectivity index (χ2v) is 1.82. The van der Waals surface area contributed by atoms with Gasteiger partial charge in [-0.3, -0.25) is 0 Å². The van der Waals surface area contributed by atoms with Gasteiger partial charge >= 0.3 is 0 Å². The monoisotopic (exact) mass is 181 g/mol. The first-order valence-electron chi connectivity index (χ1n) is 4.08. The number of nitrogens with zero attached hydrogens (tertiary/aromatic N) is 3. The molecule has 0 aliphatic heterocycles. The van der Waals surface area contributed by atoms with Crippen LogP contribution < -0.4 is 4.84 Å². The van der Waals surface area contributed by atoms with Crippen LogP contribution in [-0.4, -0.2) is 22.3 Å². The van der Waals surface area contributed by atoms with Gasteiger partial charge in [0, 0.05) is 0 Å². The fraction of sp³-hybridized carbons (Fsp3) is 0.333. The molecule has 1 aromatic heterocycles. The minimum absolute atomic E-state index is 0.668. The van der Waals surface area contributed by atoms with Gasteiger partial charge in [-0.05, 0) is 17.4 Å². The van der Waals surface area contributed by atoms with E-state index in [1.165, 1.54) is 12.0 Å². The molecular weight excluding hydrogens is 166 g/mol. The van der Waals surface area contributed by atoms with Crippen LogP contribution in [0.1, 0.15) is 25.2 Å². The summed E-state index contributed by atoms with van der Waals surface area (Å²) in [5.41, 5.74) is 1.38. The molecule has 4 heteroatoms. The fourth-order valence-electron chi connectivity index (χ4n) is 0.749. The summed E-state index contributed by atoms with van der Waals surface area (Å²) in [5.74, 6) is 0. The molecule has 0 aromatic carbocycles. The first kappa shape index (κ1) is 11.4. The number of hydrogen-bond acceptors (Lipinski definition) is 3. The van der Waals surface area contributed by atoms with Gasteiger partial charge < -0.3 is 4.84 Å². The Morgan fingerprint density at radius 3 is 2.31 bits per heavy atom. The van der Waals surface area contributed by atoms with E-state index in [1.54, 1.807) is 12.2 Å². The highest BCUT2D eigenvalue weighted by Gasteiger charge is 2.05. The molecule has 0 aliphatic rings. The SMILES string of the molecule is C=Cc1nnn(OC)c1C=C.CC. The van der Waals surface area contributed by atoms with Crippen molar-refractivity contribution < 1.29 is 4.84 Å².